The average Bonchev–Trinajstić information content (AvgIpc) is 3.28. The van der Waals surface area contributed by atoms with Crippen LogP contribution in [0.1, 0.15) is 58.8 Å². The lowest BCUT2D eigenvalue weighted by Crippen LogP contribution is -2.55. The summed E-state index contributed by atoms with van der Waals surface area (Å²) in [5, 5.41) is 19.2. The lowest BCUT2D eigenvalue weighted by Gasteiger charge is -2.37. The normalized spacial score (nSPS) is 33.6. The molecule has 2 N–H and O–H groups in total. The van der Waals surface area contributed by atoms with Gasteiger partial charge in [0.25, 0.3) is 0 Å². The van der Waals surface area contributed by atoms with Crippen molar-refractivity contribution in [3.8, 4) is 0 Å². The van der Waals surface area contributed by atoms with Crippen molar-refractivity contribution in [1.29, 1.82) is 0 Å². The molecule has 3 aliphatic heterocycles. The zero-order valence-electron chi connectivity index (χ0n) is 18.7. The van der Waals surface area contributed by atoms with Gasteiger partial charge in [0.2, 0.25) is 11.8 Å². The quantitative estimate of drug-likeness (QED) is 0.349. The molecule has 2 unspecified atom stereocenters. The number of nitrogens with zero attached hydrogens (tertiary/aromatic N) is 2. The van der Waals surface area contributed by atoms with Crippen molar-refractivity contribution < 1.29 is 24.6 Å². The van der Waals surface area contributed by atoms with E-state index in [1.54, 1.807) is 27.6 Å². The van der Waals surface area contributed by atoms with Crippen LogP contribution < -0.4 is 0 Å². The van der Waals surface area contributed by atoms with E-state index in [0.29, 0.717) is 45.3 Å². The summed E-state index contributed by atoms with van der Waals surface area (Å²) in [6.45, 7) is 9.29. The van der Waals surface area contributed by atoms with Crippen molar-refractivity contribution in [2.24, 2.45) is 11.8 Å². The third kappa shape index (κ3) is 4.01. The summed E-state index contributed by atoms with van der Waals surface area (Å²) in [5.74, 6) is -2.67. The number of thioether (sulfide) groups is 1. The first kappa shape index (κ1) is 24.1. The third-order valence-electron chi connectivity index (χ3n) is 7.28. The Morgan fingerprint density at radius 2 is 2.03 bits per heavy atom. The highest BCUT2D eigenvalue weighted by molar-refractivity contribution is 8.02. The summed E-state index contributed by atoms with van der Waals surface area (Å²) >= 11 is 1.57. The Balaban J connectivity index is 1.97. The molecule has 0 aliphatic carbocycles. The van der Waals surface area contributed by atoms with Crippen LogP contribution in [0.2, 0.25) is 0 Å². The number of aliphatic carboxylic acids is 1. The van der Waals surface area contributed by atoms with Crippen molar-refractivity contribution in [1.82, 2.24) is 9.80 Å². The first-order valence-corrected chi connectivity index (χ1v) is 12.3. The van der Waals surface area contributed by atoms with Gasteiger partial charge in [0.1, 0.15) is 6.04 Å². The van der Waals surface area contributed by atoms with Gasteiger partial charge in [-0.05, 0) is 39.0 Å². The predicted molar refractivity (Wildman–Crippen MR) is 121 cm³/mol. The molecule has 3 heterocycles. The van der Waals surface area contributed by atoms with Crippen LogP contribution in [0.15, 0.2) is 12.7 Å². The van der Waals surface area contributed by atoms with Crippen LogP contribution in [0.3, 0.4) is 0 Å². The minimum Gasteiger partial charge on any atom is -0.481 e. The number of carbonyl (C=O) groups excluding carboxylic acids is 2. The van der Waals surface area contributed by atoms with Gasteiger partial charge in [-0.15, -0.1) is 18.3 Å². The van der Waals surface area contributed by atoms with Gasteiger partial charge >= 0.3 is 5.97 Å². The fourth-order valence-corrected chi connectivity index (χ4v) is 8.23. The fraction of sp³-hybridized carbons (Fsp3) is 0.783. The molecule has 174 valence electrons. The van der Waals surface area contributed by atoms with Crippen molar-refractivity contribution in [3.05, 3.63) is 12.7 Å². The maximum Gasteiger partial charge on any atom is 0.308 e. The fourth-order valence-electron chi connectivity index (χ4n) is 5.89. The minimum atomic E-state index is -0.941. The zero-order chi connectivity index (χ0) is 22.8. The highest BCUT2D eigenvalue weighted by Crippen LogP contribution is 2.71. The van der Waals surface area contributed by atoms with Gasteiger partial charge in [0.05, 0.1) is 16.6 Å². The molecule has 5 atom stereocenters. The number of carbonyl (C=O) groups is 3. The predicted octanol–water partition coefficient (Wildman–Crippen LogP) is 2.53. The molecule has 0 radical (unpaired) electrons. The first-order chi connectivity index (χ1) is 14.8. The van der Waals surface area contributed by atoms with Crippen LogP contribution in [0.5, 0.6) is 0 Å². The van der Waals surface area contributed by atoms with Gasteiger partial charge in [-0.25, -0.2) is 0 Å². The Bertz CT molecular complexity index is 731. The molecule has 1 spiro atoms. The number of likely N-dealkylation sites (tertiary alicyclic amines) is 1. The number of hydrogen-bond donors (Lipinski definition) is 2. The van der Waals surface area contributed by atoms with Gasteiger partial charge in [-0.3, -0.25) is 14.4 Å². The van der Waals surface area contributed by atoms with Gasteiger partial charge in [0.15, 0.2) is 0 Å². The molecule has 7 nitrogen and oxygen atoms in total. The van der Waals surface area contributed by atoms with E-state index < -0.39 is 33.3 Å². The van der Waals surface area contributed by atoms with E-state index in [-0.39, 0.29) is 18.4 Å². The molecule has 0 saturated carbocycles. The van der Waals surface area contributed by atoms with Gasteiger partial charge in [-0.2, -0.15) is 0 Å². The monoisotopic (exact) mass is 452 g/mol. The lowest BCUT2D eigenvalue weighted by atomic mass is 9.66. The van der Waals surface area contributed by atoms with E-state index in [4.69, 9.17) is 0 Å². The first-order valence-electron chi connectivity index (χ1n) is 11.5. The molecule has 0 aromatic rings. The molecule has 2 bridgehead atoms. The van der Waals surface area contributed by atoms with Crippen molar-refractivity contribution in [2.75, 3.05) is 26.2 Å². The second-order valence-electron chi connectivity index (χ2n) is 9.31. The van der Waals surface area contributed by atoms with Gasteiger partial charge < -0.3 is 20.0 Å². The number of amides is 2. The molecular weight excluding hydrogens is 416 g/mol. The van der Waals surface area contributed by atoms with Crippen molar-refractivity contribution in [3.63, 3.8) is 0 Å². The SMILES string of the molecule is C=CCN(CCCCC)C(=O)C1N(CCCCO)C(=O)[C@@H]2[C@H](C(=O)O)[C@]3(C)CCC12S3. The number of unbranched alkanes of at least 4 members (excludes halogenated alkanes) is 3. The standard InChI is InChI=1S/C23H36N2O5S/c1-4-6-7-13-24(12-5-2)20(28)18-23-11-10-22(3,31-23)17(21(29)30)16(23)19(27)25(18)14-8-9-15-26/h5,16-18,26H,2,4,6-15H2,1,3H3,(H,29,30)/t16-,17+,18?,22-,23?/m0/s1. The molecule has 0 aromatic carbocycles. The molecule has 3 aliphatic rings. The number of carboxylic acid groups (broad SMARTS) is 1. The van der Waals surface area contributed by atoms with Crippen molar-refractivity contribution in [2.45, 2.75) is 74.3 Å². The summed E-state index contributed by atoms with van der Waals surface area (Å²) in [6.07, 6.45) is 7.18. The summed E-state index contributed by atoms with van der Waals surface area (Å²) in [4.78, 5) is 43.1. The van der Waals surface area contributed by atoms with Gasteiger partial charge in [-0.1, -0.05) is 25.8 Å². The summed E-state index contributed by atoms with van der Waals surface area (Å²) in [7, 11) is 0. The smallest absolute Gasteiger partial charge is 0.308 e. The largest absolute Gasteiger partial charge is 0.481 e. The Kier molecular flexibility index (Phi) is 7.41. The summed E-state index contributed by atoms with van der Waals surface area (Å²) in [6, 6.07) is -0.651. The Labute approximate surface area is 189 Å². The van der Waals surface area contributed by atoms with E-state index >= 15 is 0 Å². The Morgan fingerprint density at radius 3 is 2.65 bits per heavy atom. The van der Waals surface area contributed by atoms with E-state index in [0.717, 1.165) is 19.3 Å². The number of aliphatic hydroxyl groups excluding tert-OH is 1. The maximum atomic E-state index is 13.9. The number of carboxylic acids is 1. The number of fused-ring (bicyclic) bond motifs is 1. The summed E-state index contributed by atoms with van der Waals surface area (Å²) < 4.78 is -1.21. The molecule has 8 heteroatoms. The Morgan fingerprint density at radius 1 is 1.29 bits per heavy atom. The second kappa shape index (κ2) is 9.53. The average molecular weight is 453 g/mol. The molecule has 3 rings (SSSR count). The van der Waals surface area contributed by atoms with E-state index in [1.807, 2.05) is 6.92 Å². The topological polar surface area (TPSA) is 98.2 Å². The lowest BCUT2D eigenvalue weighted by molar-refractivity contribution is -0.150. The minimum absolute atomic E-state index is 0.0272. The molecule has 2 amide bonds. The van der Waals surface area contributed by atoms with Crippen LogP contribution in [-0.4, -0.2) is 79.6 Å². The third-order valence-corrected chi connectivity index (χ3v) is 9.26. The second-order valence-corrected chi connectivity index (χ2v) is 11.2. The van der Waals surface area contributed by atoms with Crippen molar-refractivity contribution >= 4 is 29.5 Å². The Hall–Kier alpha value is -1.54. The number of aliphatic hydroxyl groups is 1. The maximum absolute atomic E-state index is 13.9. The van der Waals surface area contributed by atoms with E-state index in [1.165, 1.54) is 0 Å². The number of hydrogen-bond acceptors (Lipinski definition) is 5. The molecular formula is C23H36N2O5S. The molecule has 3 saturated heterocycles. The van der Waals surface area contributed by atoms with Crippen LogP contribution in [0.4, 0.5) is 0 Å². The zero-order valence-corrected chi connectivity index (χ0v) is 19.5. The highest BCUT2D eigenvalue weighted by atomic mass is 32.2. The van der Waals surface area contributed by atoms with Gasteiger partial charge in [0, 0.05) is 31.0 Å². The molecule has 31 heavy (non-hydrogen) atoms. The van der Waals surface area contributed by atoms with E-state index in [9.17, 15) is 24.6 Å². The molecule has 0 aromatic heterocycles. The van der Waals surface area contributed by atoms with E-state index in [2.05, 4.69) is 13.5 Å². The number of rotatable bonds is 12. The summed E-state index contributed by atoms with van der Waals surface area (Å²) in [5.41, 5.74) is 0. The van der Waals surface area contributed by atoms with Crippen LogP contribution >= 0.6 is 11.8 Å². The van der Waals surface area contributed by atoms with Crippen LogP contribution in [0, 0.1) is 11.8 Å². The highest BCUT2D eigenvalue weighted by Gasteiger charge is 2.77. The van der Waals surface area contributed by atoms with Crippen LogP contribution in [-0.2, 0) is 14.4 Å². The van der Waals surface area contributed by atoms with Crippen LogP contribution in [0.25, 0.3) is 0 Å². The molecule has 3 fully saturated rings.